The van der Waals surface area contributed by atoms with Gasteiger partial charge in [0.15, 0.2) is 0 Å². The van der Waals surface area contributed by atoms with Gasteiger partial charge >= 0.3 is 6.09 Å². The van der Waals surface area contributed by atoms with E-state index < -0.39 is 53.5 Å². The number of alkyl carbamates (subject to hydrolysis) is 1. The number of primary amides is 1. The van der Waals surface area contributed by atoms with Gasteiger partial charge in [-0.25, -0.2) is 4.79 Å². The molecule has 1 aromatic carbocycles. The Balaban J connectivity index is 3.22. The molecule has 0 spiro atoms. The molecule has 0 fully saturated rings. The smallest absolute Gasteiger partial charge is 0.408 e. The van der Waals surface area contributed by atoms with E-state index in [2.05, 4.69) is 10.6 Å². The second-order valence-corrected chi connectivity index (χ2v) is 9.37. The fourth-order valence-electron chi connectivity index (χ4n) is 2.85. The highest BCUT2D eigenvalue weighted by atomic mass is 16.6. The second kappa shape index (κ2) is 10.3. The molecule has 172 valence electrons. The first-order valence-electron chi connectivity index (χ1n) is 10.0. The number of ether oxygens (including phenoxy) is 1. The summed E-state index contributed by atoms with van der Waals surface area (Å²) in [7, 11) is 1.44. The van der Waals surface area contributed by atoms with E-state index in [1.807, 2.05) is 20.8 Å². The van der Waals surface area contributed by atoms with Crippen molar-refractivity contribution in [3.05, 3.63) is 35.9 Å². The van der Waals surface area contributed by atoms with Crippen LogP contribution in [0.1, 0.15) is 59.6 Å². The van der Waals surface area contributed by atoms with Crippen LogP contribution in [0.25, 0.3) is 0 Å². The Bertz CT molecular complexity index is 796. The number of amides is 4. The molecule has 0 radical (unpaired) electrons. The van der Waals surface area contributed by atoms with Crippen LogP contribution >= 0.6 is 0 Å². The van der Waals surface area contributed by atoms with Gasteiger partial charge in [0.25, 0.3) is 0 Å². The van der Waals surface area contributed by atoms with Gasteiger partial charge in [-0.2, -0.15) is 0 Å². The Labute approximate surface area is 183 Å². The molecule has 4 N–H and O–H groups in total. The van der Waals surface area contributed by atoms with Crippen molar-refractivity contribution in [3.63, 3.8) is 0 Å². The van der Waals surface area contributed by atoms with Gasteiger partial charge in [0.05, 0.1) is 6.42 Å². The van der Waals surface area contributed by atoms with Gasteiger partial charge in [0, 0.05) is 12.6 Å². The van der Waals surface area contributed by atoms with E-state index in [1.54, 1.807) is 51.1 Å². The third-order valence-electron chi connectivity index (χ3n) is 3.99. The average Bonchev–Trinajstić information content (AvgIpc) is 2.58. The van der Waals surface area contributed by atoms with Crippen LogP contribution < -0.4 is 16.4 Å². The highest BCUT2D eigenvalue weighted by Gasteiger charge is 2.35. The van der Waals surface area contributed by atoms with Crippen molar-refractivity contribution in [1.82, 2.24) is 15.5 Å². The molecule has 4 amide bonds. The van der Waals surface area contributed by atoms with Crippen molar-refractivity contribution < 1.29 is 23.9 Å². The van der Waals surface area contributed by atoms with E-state index in [9.17, 15) is 19.2 Å². The maximum absolute atomic E-state index is 13.2. The normalized spacial score (nSPS) is 13.5. The zero-order chi connectivity index (χ0) is 24.0. The van der Waals surface area contributed by atoms with Crippen LogP contribution in [0, 0.1) is 0 Å². The summed E-state index contributed by atoms with van der Waals surface area (Å²) >= 11 is 0. The Hall–Kier alpha value is -3.10. The van der Waals surface area contributed by atoms with Gasteiger partial charge in [0.2, 0.25) is 17.7 Å². The minimum atomic E-state index is -1.29. The number of nitrogens with zero attached hydrogens (tertiary/aromatic N) is 1. The molecule has 0 heterocycles. The lowest BCUT2D eigenvalue weighted by atomic mass is 10.0. The maximum atomic E-state index is 13.2. The Morgan fingerprint density at radius 3 is 2.03 bits per heavy atom. The van der Waals surface area contributed by atoms with Crippen LogP contribution in [0.15, 0.2) is 30.3 Å². The van der Waals surface area contributed by atoms with Crippen LogP contribution in [0.4, 0.5) is 4.79 Å². The van der Waals surface area contributed by atoms with Crippen molar-refractivity contribution >= 4 is 23.8 Å². The fraction of sp³-hybridized carbons (Fsp3) is 0.545. The zero-order valence-electron chi connectivity index (χ0n) is 19.3. The van der Waals surface area contributed by atoms with Crippen molar-refractivity contribution in [2.45, 2.75) is 71.2 Å². The summed E-state index contributed by atoms with van der Waals surface area (Å²) in [5, 5.41) is 5.26. The molecule has 0 bridgehead atoms. The summed E-state index contributed by atoms with van der Waals surface area (Å²) in [5.41, 5.74) is 4.53. The number of nitrogens with two attached hydrogens (primary N) is 1. The molecule has 1 aromatic rings. The molecule has 9 nitrogen and oxygen atoms in total. The van der Waals surface area contributed by atoms with Crippen molar-refractivity contribution in [2.24, 2.45) is 5.73 Å². The summed E-state index contributed by atoms with van der Waals surface area (Å²) in [6, 6.07) is 6.48. The third kappa shape index (κ3) is 9.06. The Morgan fingerprint density at radius 1 is 1.03 bits per heavy atom. The van der Waals surface area contributed by atoms with Crippen molar-refractivity contribution in [2.75, 3.05) is 7.05 Å². The van der Waals surface area contributed by atoms with E-state index >= 15 is 0 Å². The Kier molecular flexibility index (Phi) is 8.60. The number of nitrogens with one attached hydrogen (secondary N) is 2. The average molecular weight is 435 g/mol. The molecule has 0 aromatic heterocycles. The van der Waals surface area contributed by atoms with Crippen LogP contribution in [0.2, 0.25) is 0 Å². The molecule has 9 heteroatoms. The number of rotatable bonds is 7. The summed E-state index contributed by atoms with van der Waals surface area (Å²) < 4.78 is 5.19. The second-order valence-electron chi connectivity index (χ2n) is 9.37. The molecule has 0 aliphatic carbocycles. The first kappa shape index (κ1) is 25.9. The molecular formula is C22H34N4O5. The van der Waals surface area contributed by atoms with Gasteiger partial charge in [-0.05, 0) is 47.1 Å². The number of benzene rings is 1. The summed E-state index contributed by atoms with van der Waals surface area (Å²) in [5.74, 6) is -1.83. The number of likely N-dealkylation sites (N-methyl/N-ethyl adjacent to an activating group) is 1. The quantitative estimate of drug-likeness (QED) is 0.603. The monoisotopic (exact) mass is 434 g/mol. The molecule has 2 unspecified atom stereocenters. The molecule has 0 aliphatic rings. The molecule has 0 saturated carbocycles. The van der Waals surface area contributed by atoms with Gasteiger partial charge in [-0.15, -0.1) is 0 Å². The standard InChI is InChI=1S/C22H34N4O5/c1-21(2,3)25-18(28)17(14-11-9-8-10-12-14)26(7)19(29)15(13-16(23)27)24-20(30)31-22(4,5)6/h8-12,15,17H,13H2,1-7H3,(H2,23,27)(H,24,30)(H,25,28). The van der Waals surface area contributed by atoms with Gasteiger partial charge in [0.1, 0.15) is 17.7 Å². The summed E-state index contributed by atoms with van der Waals surface area (Å²) in [6.07, 6.45) is -1.30. The molecule has 2 atom stereocenters. The number of carbonyl (C=O) groups excluding carboxylic acids is 4. The first-order valence-corrected chi connectivity index (χ1v) is 10.0. The van der Waals surface area contributed by atoms with Gasteiger partial charge < -0.3 is 26.0 Å². The van der Waals surface area contributed by atoms with Crippen LogP contribution in [0.3, 0.4) is 0 Å². The molecule has 0 saturated heterocycles. The van der Waals surface area contributed by atoms with E-state index in [0.717, 1.165) is 0 Å². The third-order valence-corrected chi connectivity index (χ3v) is 3.99. The molecular weight excluding hydrogens is 400 g/mol. The van der Waals surface area contributed by atoms with E-state index in [4.69, 9.17) is 10.5 Å². The summed E-state index contributed by atoms with van der Waals surface area (Å²) in [4.78, 5) is 51.2. The number of hydrogen-bond donors (Lipinski definition) is 3. The predicted molar refractivity (Wildman–Crippen MR) is 117 cm³/mol. The lowest BCUT2D eigenvalue weighted by Crippen LogP contribution is -2.54. The predicted octanol–water partition coefficient (Wildman–Crippen LogP) is 1.87. The van der Waals surface area contributed by atoms with Crippen LogP contribution in [0.5, 0.6) is 0 Å². The number of carbonyl (C=O) groups is 4. The maximum Gasteiger partial charge on any atom is 0.408 e. The minimum Gasteiger partial charge on any atom is -0.444 e. The first-order chi connectivity index (χ1) is 14.1. The Morgan fingerprint density at radius 2 is 1.58 bits per heavy atom. The van der Waals surface area contributed by atoms with Crippen LogP contribution in [-0.4, -0.2) is 52.9 Å². The molecule has 0 aliphatic heterocycles. The van der Waals surface area contributed by atoms with Gasteiger partial charge in [-0.3, -0.25) is 14.4 Å². The molecule has 1 rings (SSSR count). The minimum absolute atomic E-state index is 0.398. The topological polar surface area (TPSA) is 131 Å². The highest BCUT2D eigenvalue weighted by molar-refractivity contribution is 5.94. The fourth-order valence-corrected chi connectivity index (χ4v) is 2.85. The summed E-state index contributed by atoms with van der Waals surface area (Å²) in [6.45, 7) is 10.5. The molecule has 31 heavy (non-hydrogen) atoms. The number of hydrogen-bond acceptors (Lipinski definition) is 5. The van der Waals surface area contributed by atoms with Gasteiger partial charge in [-0.1, -0.05) is 30.3 Å². The lowest BCUT2D eigenvalue weighted by molar-refractivity contribution is -0.142. The van der Waals surface area contributed by atoms with E-state index in [1.165, 1.54) is 11.9 Å². The van der Waals surface area contributed by atoms with E-state index in [-0.39, 0.29) is 0 Å². The van der Waals surface area contributed by atoms with Crippen LogP contribution in [-0.2, 0) is 19.1 Å². The highest BCUT2D eigenvalue weighted by Crippen LogP contribution is 2.22. The van der Waals surface area contributed by atoms with Crippen molar-refractivity contribution in [3.8, 4) is 0 Å². The SMILES string of the molecule is CN(C(=O)C(CC(N)=O)NC(=O)OC(C)(C)C)C(C(=O)NC(C)(C)C)c1ccccc1. The van der Waals surface area contributed by atoms with E-state index in [0.29, 0.717) is 5.56 Å². The zero-order valence-corrected chi connectivity index (χ0v) is 19.3. The van der Waals surface area contributed by atoms with Crippen molar-refractivity contribution in [1.29, 1.82) is 0 Å². The lowest BCUT2D eigenvalue weighted by Gasteiger charge is -2.33. The largest absolute Gasteiger partial charge is 0.444 e.